The SMILES string of the molecule is CCC(C)[C@H](N)C(=O)N[C@H](C(=O)N[C@@H](Cc1c[nH]c2ccccc12)C(=O)N[C@@H](CS)C(=O)N[C@H](C(=O)N[C@@H](CC(N)=O)C(=O)O)C(C)C)C(C)CC. The maximum Gasteiger partial charge on any atom is 0.326 e. The van der Waals surface area contributed by atoms with Gasteiger partial charge in [-0.15, -0.1) is 0 Å². The molecule has 0 aliphatic carbocycles. The van der Waals surface area contributed by atoms with Crippen LogP contribution >= 0.6 is 12.6 Å². The van der Waals surface area contributed by atoms with Gasteiger partial charge in [-0.3, -0.25) is 28.8 Å². The Morgan fingerprint density at radius 1 is 0.750 bits per heavy atom. The Kier molecular flexibility index (Phi) is 17.1. The van der Waals surface area contributed by atoms with E-state index in [2.05, 4.69) is 44.2 Å². The molecule has 288 valence electrons. The lowest BCUT2D eigenvalue weighted by atomic mass is 9.95. The van der Waals surface area contributed by atoms with Crippen LogP contribution in [-0.2, 0) is 40.0 Å². The summed E-state index contributed by atoms with van der Waals surface area (Å²) in [6.45, 7) is 10.6. The number of fused-ring (bicyclic) bond motifs is 1. The average Bonchev–Trinajstić information content (AvgIpc) is 3.51. The lowest BCUT2D eigenvalue weighted by Crippen LogP contribution is -2.61. The number of thiol groups is 1. The molecule has 0 saturated heterocycles. The minimum atomic E-state index is -1.62. The summed E-state index contributed by atoms with van der Waals surface area (Å²) in [6, 6.07) is 0.109. The van der Waals surface area contributed by atoms with Gasteiger partial charge in [0.15, 0.2) is 0 Å². The number of hydrogen-bond acceptors (Lipinski definition) is 9. The van der Waals surface area contributed by atoms with Crippen LogP contribution in [0.4, 0.5) is 0 Å². The number of nitrogens with two attached hydrogens (primary N) is 2. The number of carbonyl (C=O) groups is 7. The minimum absolute atomic E-state index is 0.00349. The summed E-state index contributed by atoms with van der Waals surface area (Å²) in [6.07, 6.45) is 2.24. The fourth-order valence-corrected chi connectivity index (χ4v) is 5.63. The van der Waals surface area contributed by atoms with Crippen LogP contribution in [0.5, 0.6) is 0 Å². The molecule has 2 rings (SSSR count). The molecule has 0 spiro atoms. The van der Waals surface area contributed by atoms with Gasteiger partial charge in [0.1, 0.15) is 30.2 Å². The molecule has 2 unspecified atom stereocenters. The molecule has 11 N–H and O–H groups in total. The Balaban J connectivity index is 2.37. The van der Waals surface area contributed by atoms with Crippen LogP contribution in [-0.4, -0.2) is 93.5 Å². The predicted octanol–water partition coefficient (Wildman–Crippen LogP) is 0.0997. The Morgan fingerprint density at radius 2 is 1.29 bits per heavy atom. The van der Waals surface area contributed by atoms with Gasteiger partial charge in [0.2, 0.25) is 35.4 Å². The number of primary amides is 1. The lowest BCUT2D eigenvalue weighted by Gasteiger charge is -2.29. The minimum Gasteiger partial charge on any atom is -0.480 e. The molecule has 16 nitrogen and oxygen atoms in total. The Bertz CT molecular complexity index is 1580. The second kappa shape index (κ2) is 20.4. The van der Waals surface area contributed by atoms with E-state index in [1.807, 2.05) is 45.0 Å². The van der Waals surface area contributed by atoms with Gasteiger partial charge in [-0.2, -0.15) is 12.6 Å². The van der Waals surface area contributed by atoms with Crippen LogP contribution in [0.2, 0.25) is 0 Å². The second-order valence-corrected chi connectivity index (χ2v) is 13.8. The summed E-state index contributed by atoms with van der Waals surface area (Å²) in [5.41, 5.74) is 12.8. The van der Waals surface area contributed by atoms with Crippen molar-refractivity contribution >= 4 is 64.9 Å². The quantitative estimate of drug-likeness (QED) is 0.0776. The van der Waals surface area contributed by atoms with Gasteiger partial charge in [0, 0.05) is 29.3 Å². The molecule has 1 aromatic carbocycles. The highest BCUT2D eigenvalue weighted by Gasteiger charge is 2.35. The van der Waals surface area contributed by atoms with E-state index < -0.39 is 90.0 Å². The van der Waals surface area contributed by atoms with Crippen molar-refractivity contribution in [3.05, 3.63) is 36.0 Å². The topological polar surface area (TPSA) is 268 Å². The molecule has 0 aliphatic rings. The maximum atomic E-state index is 14.0. The number of benzene rings is 1. The lowest BCUT2D eigenvalue weighted by molar-refractivity contribution is -0.144. The molecular formula is C35H54N8O8S. The first-order valence-corrected chi connectivity index (χ1v) is 18.0. The average molecular weight is 747 g/mol. The summed E-state index contributed by atoms with van der Waals surface area (Å²) < 4.78 is 0. The summed E-state index contributed by atoms with van der Waals surface area (Å²) in [5, 5.41) is 23.1. The Morgan fingerprint density at radius 3 is 1.85 bits per heavy atom. The number of aliphatic carboxylic acids is 1. The largest absolute Gasteiger partial charge is 0.480 e. The molecule has 2 aromatic rings. The molecule has 0 aliphatic heterocycles. The highest BCUT2D eigenvalue weighted by Crippen LogP contribution is 2.20. The molecule has 0 saturated carbocycles. The third-order valence-electron chi connectivity index (χ3n) is 9.17. The molecular weight excluding hydrogens is 693 g/mol. The van der Waals surface area contributed by atoms with Crippen LogP contribution in [0.1, 0.15) is 66.4 Å². The number of hydrogen-bond donors (Lipinski definition) is 10. The molecule has 52 heavy (non-hydrogen) atoms. The first-order valence-electron chi connectivity index (χ1n) is 17.4. The number of carbonyl (C=O) groups excluding carboxylic acids is 6. The highest BCUT2D eigenvalue weighted by atomic mass is 32.1. The summed E-state index contributed by atoms with van der Waals surface area (Å²) >= 11 is 4.25. The second-order valence-electron chi connectivity index (χ2n) is 13.5. The number of carboxylic acid groups (broad SMARTS) is 1. The fourth-order valence-electron chi connectivity index (χ4n) is 5.37. The zero-order valence-corrected chi connectivity index (χ0v) is 31.4. The van der Waals surface area contributed by atoms with Crippen molar-refractivity contribution in [2.45, 2.75) is 103 Å². The van der Waals surface area contributed by atoms with Crippen molar-refractivity contribution in [3.63, 3.8) is 0 Å². The Labute approximate surface area is 309 Å². The van der Waals surface area contributed by atoms with Crippen molar-refractivity contribution in [3.8, 4) is 0 Å². The molecule has 0 radical (unpaired) electrons. The van der Waals surface area contributed by atoms with Gasteiger partial charge in [-0.1, -0.05) is 72.6 Å². The van der Waals surface area contributed by atoms with Gasteiger partial charge in [0.05, 0.1) is 12.5 Å². The third kappa shape index (κ3) is 12.3. The van der Waals surface area contributed by atoms with Crippen LogP contribution in [0.3, 0.4) is 0 Å². The van der Waals surface area contributed by atoms with Crippen molar-refractivity contribution in [1.29, 1.82) is 0 Å². The standard InChI is InChI=1S/C35H54N8O8S/c1-7-18(5)27(37)32(47)43-29(19(6)8-2)34(49)39-23(13-20-15-38-22-12-10-9-11-21(20)22)30(45)41-25(16-52)31(46)42-28(17(3)4)33(48)40-24(35(50)51)14-26(36)44/h9-12,15,17-19,23-25,27-29,38,52H,7-8,13-14,16,37H2,1-6H3,(H2,36,44)(H,39,49)(H,40,48)(H,41,45)(H,42,46)(H,43,47)(H,50,51)/t18?,19?,23-,24-,25-,27-,28-,29-/m0/s1. The molecule has 8 atom stereocenters. The summed E-state index contributed by atoms with van der Waals surface area (Å²) in [5.74, 6) is -7.19. The number of H-pyrrole nitrogens is 1. The normalized spacial score (nSPS) is 15.9. The maximum absolute atomic E-state index is 14.0. The van der Waals surface area contributed by atoms with E-state index in [0.717, 1.165) is 10.9 Å². The zero-order valence-electron chi connectivity index (χ0n) is 30.5. The van der Waals surface area contributed by atoms with E-state index in [-0.39, 0.29) is 24.0 Å². The van der Waals surface area contributed by atoms with Crippen LogP contribution in [0, 0.1) is 17.8 Å². The molecule has 1 heterocycles. The van der Waals surface area contributed by atoms with E-state index in [9.17, 15) is 38.7 Å². The number of rotatable bonds is 21. The third-order valence-corrected chi connectivity index (χ3v) is 9.53. The van der Waals surface area contributed by atoms with Crippen molar-refractivity contribution < 1.29 is 38.7 Å². The molecule has 0 bridgehead atoms. The van der Waals surface area contributed by atoms with E-state index in [1.54, 1.807) is 27.0 Å². The van der Waals surface area contributed by atoms with Gasteiger partial charge in [0.25, 0.3) is 0 Å². The number of aromatic nitrogens is 1. The molecule has 17 heteroatoms. The first kappa shape index (κ1) is 43.5. The number of para-hydroxylation sites is 1. The van der Waals surface area contributed by atoms with Crippen molar-refractivity contribution in [2.75, 3.05) is 5.75 Å². The summed E-state index contributed by atoms with van der Waals surface area (Å²) in [7, 11) is 0. The number of carboxylic acids is 1. The predicted molar refractivity (Wildman–Crippen MR) is 199 cm³/mol. The number of nitrogens with one attached hydrogen (secondary N) is 6. The van der Waals surface area contributed by atoms with E-state index in [4.69, 9.17) is 11.5 Å². The smallest absolute Gasteiger partial charge is 0.326 e. The van der Waals surface area contributed by atoms with Crippen molar-refractivity contribution in [1.82, 2.24) is 31.6 Å². The zero-order chi connectivity index (χ0) is 39.3. The highest BCUT2D eigenvalue weighted by molar-refractivity contribution is 7.80. The van der Waals surface area contributed by atoms with Crippen LogP contribution < -0.4 is 38.1 Å². The van der Waals surface area contributed by atoms with Gasteiger partial charge >= 0.3 is 5.97 Å². The van der Waals surface area contributed by atoms with Gasteiger partial charge in [-0.25, -0.2) is 4.79 Å². The first-order chi connectivity index (χ1) is 24.4. The van der Waals surface area contributed by atoms with Crippen LogP contribution in [0.25, 0.3) is 10.9 Å². The van der Waals surface area contributed by atoms with Gasteiger partial charge in [-0.05, 0) is 29.4 Å². The number of amides is 6. The van der Waals surface area contributed by atoms with Crippen molar-refractivity contribution in [2.24, 2.45) is 29.2 Å². The fraction of sp³-hybridized carbons (Fsp3) is 0.571. The van der Waals surface area contributed by atoms with Gasteiger partial charge < -0.3 is 48.1 Å². The molecule has 1 aromatic heterocycles. The Hall–Kier alpha value is -4.64. The summed E-state index contributed by atoms with van der Waals surface area (Å²) in [4.78, 5) is 93.5. The number of aromatic amines is 1. The van der Waals surface area contributed by atoms with Crippen LogP contribution in [0.15, 0.2) is 30.5 Å². The monoisotopic (exact) mass is 746 g/mol. The van der Waals surface area contributed by atoms with E-state index >= 15 is 0 Å². The molecule has 0 fully saturated rings. The van der Waals surface area contributed by atoms with E-state index in [1.165, 1.54) is 0 Å². The molecule has 6 amide bonds. The van der Waals surface area contributed by atoms with E-state index in [0.29, 0.717) is 18.4 Å².